The average Bonchev–Trinajstić information content (AvgIpc) is 2.57. The Morgan fingerprint density at radius 1 is 1.45 bits per heavy atom. The molecule has 0 spiro atoms. The standard InChI is InChI=1S/C17H24N2O3/c1-19(17(21)18-14-6-4-3-5-7-14)16(12-20)13-8-10-15(22-2)11-9-13/h4,6,8-11,14,16,20H,3,5,7,12H2,1-2H3,(H,18,21)/t14-,16+/m1/s1. The van der Waals surface area contributed by atoms with E-state index in [0.717, 1.165) is 30.6 Å². The van der Waals surface area contributed by atoms with Crippen LogP contribution >= 0.6 is 0 Å². The van der Waals surface area contributed by atoms with Crippen molar-refractivity contribution in [3.8, 4) is 5.75 Å². The molecule has 5 heteroatoms. The number of likely N-dealkylation sites (N-methyl/N-ethyl adjacent to an activating group) is 1. The molecule has 22 heavy (non-hydrogen) atoms. The third kappa shape index (κ3) is 4.01. The molecule has 0 saturated carbocycles. The Hall–Kier alpha value is -2.01. The van der Waals surface area contributed by atoms with E-state index in [4.69, 9.17) is 4.74 Å². The molecule has 2 rings (SSSR count). The van der Waals surface area contributed by atoms with E-state index in [9.17, 15) is 9.90 Å². The molecule has 0 saturated heterocycles. The fourth-order valence-electron chi connectivity index (χ4n) is 2.61. The number of nitrogens with zero attached hydrogens (tertiary/aromatic N) is 1. The number of hydrogen-bond acceptors (Lipinski definition) is 3. The zero-order valence-electron chi connectivity index (χ0n) is 13.2. The molecule has 0 aliphatic heterocycles. The van der Waals surface area contributed by atoms with Gasteiger partial charge in [0.05, 0.1) is 19.8 Å². The van der Waals surface area contributed by atoms with Crippen molar-refractivity contribution in [2.75, 3.05) is 20.8 Å². The molecule has 1 aliphatic rings. The molecule has 2 N–H and O–H groups in total. The van der Waals surface area contributed by atoms with Crippen LogP contribution in [-0.4, -0.2) is 42.8 Å². The van der Waals surface area contributed by atoms with Crippen LogP contribution in [0.3, 0.4) is 0 Å². The number of ether oxygens (including phenoxy) is 1. The summed E-state index contributed by atoms with van der Waals surface area (Å²) < 4.78 is 5.13. The van der Waals surface area contributed by atoms with Crippen LogP contribution in [0.4, 0.5) is 4.79 Å². The summed E-state index contributed by atoms with van der Waals surface area (Å²) in [4.78, 5) is 13.9. The number of allylic oxidation sites excluding steroid dienone is 1. The minimum Gasteiger partial charge on any atom is -0.497 e. The highest BCUT2D eigenvalue weighted by molar-refractivity contribution is 5.75. The lowest BCUT2D eigenvalue weighted by molar-refractivity contribution is 0.148. The summed E-state index contributed by atoms with van der Waals surface area (Å²) in [7, 11) is 3.31. The largest absolute Gasteiger partial charge is 0.497 e. The van der Waals surface area contributed by atoms with E-state index in [1.165, 1.54) is 0 Å². The minimum atomic E-state index is -0.376. The molecule has 1 aromatic carbocycles. The zero-order valence-corrected chi connectivity index (χ0v) is 13.2. The van der Waals surface area contributed by atoms with Gasteiger partial charge in [0.2, 0.25) is 0 Å². The number of aliphatic hydroxyl groups is 1. The normalized spacial score (nSPS) is 18.6. The van der Waals surface area contributed by atoms with E-state index in [-0.39, 0.29) is 24.7 Å². The lowest BCUT2D eigenvalue weighted by Gasteiger charge is -2.29. The Kier molecular flexibility index (Phi) is 5.83. The van der Waals surface area contributed by atoms with Crippen molar-refractivity contribution in [1.82, 2.24) is 10.2 Å². The number of carbonyl (C=O) groups is 1. The van der Waals surface area contributed by atoms with Gasteiger partial charge in [0.25, 0.3) is 0 Å². The summed E-state index contributed by atoms with van der Waals surface area (Å²) in [5.74, 6) is 0.750. The van der Waals surface area contributed by atoms with Crippen LogP contribution in [-0.2, 0) is 0 Å². The molecule has 2 atom stereocenters. The first-order chi connectivity index (χ1) is 10.7. The van der Waals surface area contributed by atoms with Crippen LogP contribution in [0.5, 0.6) is 5.75 Å². The van der Waals surface area contributed by atoms with Gasteiger partial charge in [-0.15, -0.1) is 0 Å². The number of benzene rings is 1. The lowest BCUT2D eigenvalue weighted by atomic mass is 10.0. The van der Waals surface area contributed by atoms with E-state index in [0.29, 0.717) is 0 Å². The van der Waals surface area contributed by atoms with Gasteiger partial charge in [-0.3, -0.25) is 0 Å². The van der Waals surface area contributed by atoms with E-state index < -0.39 is 0 Å². The van der Waals surface area contributed by atoms with Crippen LogP contribution in [0.1, 0.15) is 30.9 Å². The second kappa shape index (κ2) is 7.84. The first kappa shape index (κ1) is 16.4. The molecule has 2 amide bonds. The topological polar surface area (TPSA) is 61.8 Å². The predicted octanol–water partition coefficient (Wildman–Crippen LogP) is 2.48. The van der Waals surface area contributed by atoms with Gasteiger partial charge in [-0.25, -0.2) is 4.79 Å². The molecule has 0 radical (unpaired) electrons. The predicted molar refractivity (Wildman–Crippen MR) is 85.9 cm³/mol. The summed E-state index contributed by atoms with van der Waals surface area (Å²) in [6, 6.07) is 6.92. The van der Waals surface area contributed by atoms with Gasteiger partial charge in [0.15, 0.2) is 0 Å². The van der Waals surface area contributed by atoms with Crippen molar-refractivity contribution < 1.29 is 14.6 Å². The average molecular weight is 304 g/mol. The van der Waals surface area contributed by atoms with Crippen LogP contribution in [0.15, 0.2) is 36.4 Å². The lowest BCUT2D eigenvalue weighted by Crippen LogP contribution is -2.45. The molecule has 0 bridgehead atoms. The number of methoxy groups -OCH3 is 1. The maximum atomic E-state index is 12.4. The van der Waals surface area contributed by atoms with Crippen molar-refractivity contribution in [3.05, 3.63) is 42.0 Å². The molecule has 5 nitrogen and oxygen atoms in total. The fourth-order valence-corrected chi connectivity index (χ4v) is 2.61. The molecular weight excluding hydrogens is 280 g/mol. The van der Waals surface area contributed by atoms with Crippen molar-refractivity contribution in [2.24, 2.45) is 0 Å². The number of hydrogen-bond donors (Lipinski definition) is 2. The van der Waals surface area contributed by atoms with Crippen LogP contribution in [0.25, 0.3) is 0 Å². The second-order valence-electron chi connectivity index (χ2n) is 5.50. The number of carbonyl (C=O) groups excluding carboxylic acids is 1. The fraction of sp³-hybridized carbons (Fsp3) is 0.471. The maximum absolute atomic E-state index is 12.4. The smallest absolute Gasteiger partial charge is 0.318 e. The second-order valence-corrected chi connectivity index (χ2v) is 5.50. The van der Waals surface area contributed by atoms with Gasteiger partial charge < -0.3 is 20.1 Å². The SMILES string of the molecule is COc1ccc([C@H](CO)N(C)C(=O)N[C@@H]2C=CCCC2)cc1. The number of aliphatic hydroxyl groups excluding tert-OH is 1. The number of rotatable bonds is 5. The van der Waals surface area contributed by atoms with E-state index >= 15 is 0 Å². The molecule has 0 aromatic heterocycles. The molecule has 0 heterocycles. The third-order valence-electron chi connectivity index (χ3n) is 4.02. The molecule has 1 aromatic rings. The summed E-state index contributed by atoms with van der Waals surface area (Å²) in [6.07, 6.45) is 7.26. The Bertz CT molecular complexity index is 513. The zero-order chi connectivity index (χ0) is 15.9. The third-order valence-corrected chi connectivity index (χ3v) is 4.02. The van der Waals surface area contributed by atoms with Gasteiger partial charge in [-0.2, -0.15) is 0 Å². The first-order valence-corrected chi connectivity index (χ1v) is 7.60. The first-order valence-electron chi connectivity index (χ1n) is 7.60. The van der Waals surface area contributed by atoms with Crippen LogP contribution < -0.4 is 10.1 Å². The van der Waals surface area contributed by atoms with Crippen molar-refractivity contribution in [3.63, 3.8) is 0 Å². The molecular formula is C17H24N2O3. The Morgan fingerprint density at radius 3 is 2.73 bits per heavy atom. The van der Waals surface area contributed by atoms with Gasteiger partial charge in [0.1, 0.15) is 5.75 Å². The van der Waals surface area contributed by atoms with Crippen molar-refractivity contribution >= 4 is 6.03 Å². The minimum absolute atomic E-state index is 0.0823. The summed E-state index contributed by atoms with van der Waals surface area (Å²) in [5, 5.41) is 12.7. The summed E-state index contributed by atoms with van der Waals surface area (Å²) >= 11 is 0. The molecule has 0 unspecified atom stereocenters. The van der Waals surface area contributed by atoms with Crippen LogP contribution in [0.2, 0.25) is 0 Å². The molecule has 1 aliphatic carbocycles. The van der Waals surface area contributed by atoms with Crippen molar-refractivity contribution in [1.29, 1.82) is 0 Å². The summed E-state index contributed by atoms with van der Waals surface area (Å²) in [5.41, 5.74) is 0.875. The van der Waals surface area contributed by atoms with Gasteiger partial charge >= 0.3 is 6.03 Å². The highest BCUT2D eigenvalue weighted by Gasteiger charge is 2.22. The van der Waals surface area contributed by atoms with E-state index in [1.54, 1.807) is 19.1 Å². The van der Waals surface area contributed by atoms with Gasteiger partial charge in [-0.05, 0) is 37.0 Å². The Balaban J connectivity index is 2.03. The quantitative estimate of drug-likeness (QED) is 0.822. The number of urea groups is 1. The van der Waals surface area contributed by atoms with Gasteiger partial charge in [-0.1, -0.05) is 24.3 Å². The number of amides is 2. The Morgan fingerprint density at radius 2 is 2.18 bits per heavy atom. The highest BCUT2D eigenvalue weighted by atomic mass is 16.5. The number of nitrogens with one attached hydrogen (secondary N) is 1. The summed E-state index contributed by atoms with van der Waals surface area (Å²) in [6.45, 7) is -0.128. The highest BCUT2D eigenvalue weighted by Crippen LogP contribution is 2.22. The van der Waals surface area contributed by atoms with E-state index in [1.807, 2.05) is 30.3 Å². The van der Waals surface area contributed by atoms with Gasteiger partial charge in [0, 0.05) is 13.1 Å². The van der Waals surface area contributed by atoms with Crippen LogP contribution in [0, 0.1) is 0 Å². The van der Waals surface area contributed by atoms with E-state index in [2.05, 4.69) is 11.4 Å². The van der Waals surface area contributed by atoms with Crippen molar-refractivity contribution in [2.45, 2.75) is 31.3 Å². The monoisotopic (exact) mass is 304 g/mol. The Labute approximate surface area is 131 Å². The molecule has 120 valence electrons. The molecule has 0 fully saturated rings. The maximum Gasteiger partial charge on any atom is 0.318 e.